The quantitative estimate of drug-likeness (QED) is 0.630. The number of hydrogen-bond donors (Lipinski definition) is 2. The average Bonchev–Trinajstić information content (AvgIpc) is 3.10. The van der Waals surface area contributed by atoms with Crippen molar-refractivity contribution in [3.63, 3.8) is 0 Å². The van der Waals surface area contributed by atoms with Crippen LogP contribution in [0.15, 0.2) is 40.8 Å². The molecule has 7 nitrogen and oxygen atoms in total. The molecule has 0 unspecified atom stereocenters. The summed E-state index contributed by atoms with van der Waals surface area (Å²) in [7, 11) is 0. The summed E-state index contributed by atoms with van der Waals surface area (Å²) in [5.41, 5.74) is 1.25. The highest BCUT2D eigenvalue weighted by molar-refractivity contribution is 6.08. The van der Waals surface area contributed by atoms with E-state index < -0.39 is 24.5 Å². The van der Waals surface area contributed by atoms with Gasteiger partial charge in [-0.25, -0.2) is 9.59 Å². The summed E-state index contributed by atoms with van der Waals surface area (Å²) in [6, 6.07) is 11.1. The largest absolute Gasteiger partial charge is 0.450 e. The molecule has 7 heteroatoms. The fourth-order valence-corrected chi connectivity index (χ4v) is 3.97. The molecule has 1 aliphatic carbocycles. The first-order valence-corrected chi connectivity index (χ1v) is 10.2. The molecule has 3 amide bonds. The maximum absolute atomic E-state index is 12.5. The van der Waals surface area contributed by atoms with Crippen molar-refractivity contribution in [2.45, 2.75) is 45.1 Å². The zero-order chi connectivity index (χ0) is 21.1. The first-order chi connectivity index (χ1) is 14.5. The Hall–Kier alpha value is -3.35. The SMILES string of the molecule is Cc1c(C(=O)OCC(=O)NC(=O)NC2CCCCC2)oc2c1ccc1ccccc12. The van der Waals surface area contributed by atoms with Gasteiger partial charge < -0.3 is 14.5 Å². The number of benzene rings is 2. The topological polar surface area (TPSA) is 97.6 Å². The van der Waals surface area contributed by atoms with Crippen LogP contribution in [0.5, 0.6) is 0 Å². The number of furan rings is 1. The van der Waals surface area contributed by atoms with Crippen LogP contribution in [0.1, 0.15) is 48.2 Å². The summed E-state index contributed by atoms with van der Waals surface area (Å²) >= 11 is 0. The smallest absolute Gasteiger partial charge is 0.375 e. The standard InChI is InChI=1S/C23H24N2O5/c1-14-17-12-11-15-7-5-6-10-18(15)21(17)30-20(14)22(27)29-13-19(26)25-23(28)24-16-8-3-2-4-9-16/h5-7,10-12,16H,2-4,8-9,13H2,1H3,(H2,24,25,26,28). The minimum atomic E-state index is -0.740. The molecule has 1 fully saturated rings. The number of carbonyl (C=O) groups is 3. The van der Waals surface area contributed by atoms with E-state index in [-0.39, 0.29) is 11.8 Å². The summed E-state index contributed by atoms with van der Waals surface area (Å²) in [5.74, 6) is -1.37. The van der Waals surface area contributed by atoms with Crippen LogP contribution in [0.3, 0.4) is 0 Å². The minimum absolute atomic E-state index is 0.0563. The van der Waals surface area contributed by atoms with Gasteiger partial charge in [-0.3, -0.25) is 10.1 Å². The number of amides is 3. The lowest BCUT2D eigenvalue weighted by Crippen LogP contribution is -2.46. The van der Waals surface area contributed by atoms with Crippen molar-refractivity contribution in [1.82, 2.24) is 10.6 Å². The van der Waals surface area contributed by atoms with Crippen molar-refractivity contribution in [1.29, 1.82) is 0 Å². The van der Waals surface area contributed by atoms with Gasteiger partial charge in [-0.05, 0) is 25.2 Å². The Balaban J connectivity index is 1.38. The van der Waals surface area contributed by atoms with Crippen molar-refractivity contribution in [3.8, 4) is 0 Å². The van der Waals surface area contributed by atoms with E-state index in [1.54, 1.807) is 6.92 Å². The highest BCUT2D eigenvalue weighted by atomic mass is 16.5. The molecule has 0 atom stereocenters. The van der Waals surface area contributed by atoms with Crippen LogP contribution in [0.25, 0.3) is 21.7 Å². The van der Waals surface area contributed by atoms with Crippen LogP contribution in [-0.2, 0) is 9.53 Å². The Morgan fingerprint density at radius 3 is 2.60 bits per heavy atom. The second kappa shape index (κ2) is 8.57. The van der Waals surface area contributed by atoms with Crippen molar-refractivity contribution >= 4 is 39.6 Å². The summed E-state index contributed by atoms with van der Waals surface area (Å²) in [5, 5.41) is 7.70. The highest BCUT2D eigenvalue weighted by Crippen LogP contribution is 2.32. The van der Waals surface area contributed by atoms with Gasteiger partial charge in [-0.15, -0.1) is 0 Å². The van der Waals surface area contributed by atoms with E-state index in [0.29, 0.717) is 11.1 Å². The van der Waals surface area contributed by atoms with Crippen LogP contribution in [0, 0.1) is 6.92 Å². The number of fused-ring (bicyclic) bond motifs is 3. The summed E-state index contributed by atoms with van der Waals surface area (Å²) < 4.78 is 10.9. The van der Waals surface area contributed by atoms with Gasteiger partial charge in [-0.2, -0.15) is 0 Å². The van der Waals surface area contributed by atoms with Gasteiger partial charge in [0, 0.05) is 22.4 Å². The second-order valence-electron chi connectivity index (χ2n) is 7.65. The van der Waals surface area contributed by atoms with Gasteiger partial charge in [0.05, 0.1) is 0 Å². The molecule has 0 spiro atoms. The number of rotatable bonds is 4. The predicted octanol–water partition coefficient (Wildman–Crippen LogP) is 4.21. The third-order valence-electron chi connectivity index (χ3n) is 5.54. The molecule has 1 heterocycles. The molecule has 4 rings (SSSR count). The highest BCUT2D eigenvalue weighted by Gasteiger charge is 2.22. The Morgan fingerprint density at radius 1 is 1.03 bits per heavy atom. The normalized spacial score (nSPS) is 14.6. The lowest BCUT2D eigenvalue weighted by Gasteiger charge is -2.22. The van der Waals surface area contributed by atoms with Crippen molar-refractivity contribution in [2.75, 3.05) is 6.61 Å². The molecular formula is C23H24N2O5. The summed E-state index contributed by atoms with van der Waals surface area (Å²) in [6.07, 6.45) is 5.14. The van der Waals surface area contributed by atoms with E-state index in [1.165, 1.54) is 6.42 Å². The second-order valence-corrected chi connectivity index (χ2v) is 7.65. The molecule has 156 valence electrons. The van der Waals surface area contributed by atoms with E-state index >= 15 is 0 Å². The molecule has 0 radical (unpaired) electrons. The third-order valence-corrected chi connectivity index (χ3v) is 5.54. The van der Waals surface area contributed by atoms with Gasteiger partial charge in [0.15, 0.2) is 6.61 Å². The zero-order valence-electron chi connectivity index (χ0n) is 16.8. The number of ether oxygens (including phenoxy) is 1. The van der Waals surface area contributed by atoms with E-state index in [0.717, 1.165) is 41.8 Å². The molecule has 2 N–H and O–H groups in total. The number of esters is 1. The summed E-state index contributed by atoms with van der Waals surface area (Å²) in [6.45, 7) is 1.21. The Morgan fingerprint density at radius 2 is 1.80 bits per heavy atom. The maximum Gasteiger partial charge on any atom is 0.375 e. The van der Waals surface area contributed by atoms with Crippen molar-refractivity contribution in [3.05, 3.63) is 47.7 Å². The minimum Gasteiger partial charge on any atom is -0.450 e. The van der Waals surface area contributed by atoms with Crippen LogP contribution in [-0.4, -0.2) is 30.6 Å². The third kappa shape index (κ3) is 4.15. The Bertz CT molecular complexity index is 1110. The molecular weight excluding hydrogens is 384 g/mol. The van der Waals surface area contributed by atoms with Crippen LogP contribution < -0.4 is 10.6 Å². The average molecular weight is 408 g/mol. The molecule has 0 bridgehead atoms. The summed E-state index contributed by atoms with van der Waals surface area (Å²) in [4.78, 5) is 36.4. The molecule has 1 saturated carbocycles. The first-order valence-electron chi connectivity index (χ1n) is 10.2. The number of aryl methyl sites for hydroxylation is 1. The number of carbonyl (C=O) groups excluding carboxylic acids is 3. The molecule has 1 aromatic heterocycles. The van der Waals surface area contributed by atoms with Crippen LogP contribution >= 0.6 is 0 Å². The lowest BCUT2D eigenvalue weighted by molar-refractivity contribution is -0.123. The molecule has 30 heavy (non-hydrogen) atoms. The monoisotopic (exact) mass is 408 g/mol. The van der Waals surface area contributed by atoms with Crippen LogP contribution in [0.4, 0.5) is 4.79 Å². The van der Waals surface area contributed by atoms with Crippen molar-refractivity contribution in [2.24, 2.45) is 0 Å². The van der Waals surface area contributed by atoms with Gasteiger partial charge in [0.2, 0.25) is 5.76 Å². The Kier molecular flexibility index (Phi) is 5.70. The number of imide groups is 1. The molecule has 0 aliphatic heterocycles. The predicted molar refractivity (Wildman–Crippen MR) is 112 cm³/mol. The van der Waals surface area contributed by atoms with Crippen molar-refractivity contribution < 1.29 is 23.5 Å². The zero-order valence-corrected chi connectivity index (χ0v) is 16.8. The van der Waals surface area contributed by atoms with Gasteiger partial charge in [-0.1, -0.05) is 55.7 Å². The van der Waals surface area contributed by atoms with E-state index in [4.69, 9.17) is 9.15 Å². The fraction of sp³-hybridized carbons (Fsp3) is 0.348. The molecule has 0 saturated heterocycles. The maximum atomic E-state index is 12.5. The van der Waals surface area contributed by atoms with E-state index in [9.17, 15) is 14.4 Å². The van der Waals surface area contributed by atoms with E-state index in [2.05, 4.69) is 10.6 Å². The van der Waals surface area contributed by atoms with Gasteiger partial charge in [0.25, 0.3) is 5.91 Å². The molecule has 2 aromatic carbocycles. The number of nitrogens with one attached hydrogen (secondary N) is 2. The van der Waals surface area contributed by atoms with Crippen LogP contribution in [0.2, 0.25) is 0 Å². The molecule has 1 aliphatic rings. The Labute approximate surface area is 173 Å². The number of hydrogen-bond acceptors (Lipinski definition) is 5. The number of urea groups is 1. The lowest BCUT2D eigenvalue weighted by atomic mass is 9.96. The van der Waals surface area contributed by atoms with Gasteiger partial charge >= 0.3 is 12.0 Å². The fourth-order valence-electron chi connectivity index (χ4n) is 3.97. The molecule has 3 aromatic rings. The van der Waals surface area contributed by atoms with Gasteiger partial charge in [0.1, 0.15) is 5.58 Å². The first kappa shape index (κ1) is 19.9. The van der Waals surface area contributed by atoms with E-state index in [1.807, 2.05) is 36.4 Å².